The number of methoxy groups -OCH3 is 1. The molecule has 0 unspecified atom stereocenters. The molecule has 0 spiro atoms. The lowest BCUT2D eigenvalue weighted by atomic mass is 10.1. The van der Waals surface area contributed by atoms with Gasteiger partial charge in [0, 0.05) is 6.08 Å². The third kappa shape index (κ3) is 3.49. The molecule has 3 rings (SSSR count). The van der Waals surface area contributed by atoms with Gasteiger partial charge in [-0.05, 0) is 23.6 Å². The molecular formula is C16H12N2O7S. The average Bonchev–Trinajstić information content (AvgIpc) is 3.26. The molecule has 10 heteroatoms. The van der Waals surface area contributed by atoms with Crippen LogP contribution in [0, 0.1) is 10.1 Å². The molecule has 1 amide bonds. The first-order valence-electron chi connectivity index (χ1n) is 7.22. The number of nitro benzene ring substituents is 1. The van der Waals surface area contributed by atoms with E-state index < -0.39 is 16.8 Å². The van der Waals surface area contributed by atoms with Crippen molar-refractivity contribution in [1.29, 1.82) is 0 Å². The Morgan fingerprint density at radius 2 is 2.08 bits per heavy atom. The number of benzene rings is 1. The van der Waals surface area contributed by atoms with Crippen molar-refractivity contribution in [2.24, 2.45) is 0 Å². The van der Waals surface area contributed by atoms with Crippen molar-refractivity contribution >= 4 is 40.7 Å². The van der Waals surface area contributed by atoms with Crippen molar-refractivity contribution < 1.29 is 28.7 Å². The summed E-state index contributed by atoms with van der Waals surface area (Å²) in [7, 11) is 1.24. The van der Waals surface area contributed by atoms with Crippen molar-refractivity contribution in [2.45, 2.75) is 0 Å². The molecule has 26 heavy (non-hydrogen) atoms. The van der Waals surface area contributed by atoms with Crippen LogP contribution in [0.2, 0.25) is 0 Å². The number of nitrogens with one attached hydrogen (secondary N) is 1. The standard InChI is InChI=1S/C16H12N2O7S/c1-23-16(20)15-10(4-5-26-15)17-14(19)3-2-9-6-12-13(25-8-24-12)7-11(9)18(21)22/h2-7H,8H2,1H3,(H,17,19)/b3-2+. The number of hydrogen-bond acceptors (Lipinski definition) is 8. The first-order valence-corrected chi connectivity index (χ1v) is 8.10. The largest absolute Gasteiger partial charge is 0.465 e. The maximum atomic E-state index is 12.1. The van der Waals surface area contributed by atoms with Crippen LogP contribution >= 0.6 is 11.3 Å². The minimum Gasteiger partial charge on any atom is -0.465 e. The predicted molar refractivity (Wildman–Crippen MR) is 92.5 cm³/mol. The van der Waals surface area contributed by atoms with E-state index >= 15 is 0 Å². The molecule has 134 valence electrons. The highest BCUT2D eigenvalue weighted by atomic mass is 32.1. The van der Waals surface area contributed by atoms with E-state index in [9.17, 15) is 19.7 Å². The van der Waals surface area contributed by atoms with E-state index in [1.807, 2.05) is 0 Å². The van der Waals surface area contributed by atoms with Crippen molar-refractivity contribution in [2.75, 3.05) is 19.2 Å². The van der Waals surface area contributed by atoms with Crippen molar-refractivity contribution in [3.8, 4) is 11.5 Å². The number of hydrogen-bond donors (Lipinski definition) is 1. The van der Waals surface area contributed by atoms with Crippen molar-refractivity contribution in [1.82, 2.24) is 0 Å². The first kappa shape index (κ1) is 17.4. The SMILES string of the molecule is COC(=O)c1sccc1NC(=O)/C=C/c1cc2c(cc1[N+](=O)[O-])OCO2. The van der Waals surface area contributed by atoms with Crippen LogP contribution in [0.5, 0.6) is 11.5 Å². The smallest absolute Gasteiger partial charge is 0.350 e. The first-order chi connectivity index (χ1) is 12.5. The Bertz CT molecular complexity index is 919. The van der Waals surface area contributed by atoms with Gasteiger partial charge in [0.25, 0.3) is 5.69 Å². The summed E-state index contributed by atoms with van der Waals surface area (Å²) < 4.78 is 14.9. The number of carbonyl (C=O) groups excluding carboxylic acids is 2. The fraction of sp³-hybridized carbons (Fsp3) is 0.125. The second kappa shape index (κ2) is 7.23. The van der Waals surface area contributed by atoms with Gasteiger partial charge in [-0.3, -0.25) is 14.9 Å². The van der Waals surface area contributed by atoms with Gasteiger partial charge in [-0.25, -0.2) is 4.79 Å². The minimum absolute atomic E-state index is 0.0192. The zero-order valence-corrected chi connectivity index (χ0v) is 14.2. The Hall–Kier alpha value is -3.40. The summed E-state index contributed by atoms with van der Waals surface area (Å²) in [5.41, 5.74) is 0.272. The van der Waals surface area contributed by atoms with E-state index in [0.717, 1.165) is 17.4 Å². The Labute approximate surface area is 150 Å². The number of anilines is 1. The lowest BCUT2D eigenvalue weighted by Gasteiger charge is -2.03. The van der Waals surface area contributed by atoms with E-state index in [2.05, 4.69) is 10.1 Å². The number of nitrogens with zero attached hydrogens (tertiary/aromatic N) is 1. The summed E-state index contributed by atoms with van der Waals surface area (Å²) >= 11 is 1.13. The molecule has 1 N–H and O–H groups in total. The summed E-state index contributed by atoms with van der Waals surface area (Å²) in [5, 5.41) is 15.4. The molecule has 1 aromatic heterocycles. The van der Waals surface area contributed by atoms with Gasteiger partial charge in [-0.15, -0.1) is 11.3 Å². The second-order valence-electron chi connectivity index (χ2n) is 5.00. The fourth-order valence-corrected chi connectivity index (χ4v) is 3.00. The van der Waals surface area contributed by atoms with Gasteiger partial charge in [0.15, 0.2) is 11.5 Å². The molecule has 0 radical (unpaired) electrons. The molecule has 0 atom stereocenters. The fourth-order valence-electron chi connectivity index (χ4n) is 2.24. The zero-order valence-electron chi connectivity index (χ0n) is 13.4. The molecule has 0 saturated heterocycles. The molecule has 1 aromatic carbocycles. The number of carbonyl (C=O) groups is 2. The lowest BCUT2D eigenvalue weighted by molar-refractivity contribution is -0.385. The van der Waals surface area contributed by atoms with Crippen LogP contribution in [0.25, 0.3) is 6.08 Å². The highest BCUT2D eigenvalue weighted by Gasteiger charge is 2.22. The number of ether oxygens (including phenoxy) is 3. The quantitative estimate of drug-likeness (QED) is 0.369. The number of fused-ring (bicyclic) bond motifs is 1. The number of rotatable bonds is 5. The Kier molecular flexibility index (Phi) is 4.85. The van der Waals surface area contributed by atoms with E-state index in [1.165, 1.54) is 25.3 Å². The zero-order chi connectivity index (χ0) is 18.7. The van der Waals surface area contributed by atoms with Crippen LogP contribution in [0.3, 0.4) is 0 Å². The highest BCUT2D eigenvalue weighted by molar-refractivity contribution is 7.12. The third-order valence-corrected chi connectivity index (χ3v) is 4.32. The summed E-state index contributed by atoms with van der Waals surface area (Å²) in [6.07, 6.45) is 2.42. The van der Waals surface area contributed by atoms with Gasteiger partial charge in [0.1, 0.15) is 4.88 Å². The molecular weight excluding hydrogens is 364 g/mol. The van der Waals surface area contributed by atoms with Crippen molar-refractivity contribution in [3.63, 3.8) is 0 Å². The van der Waals surface area contributed by atoms with Crippen molar-refractivity contribution in [3.05, 3.63) is 50.2 Å². The maximum Gasteiger partial charge on any atom is 0.350 e. The molecule has 2 aromatic rings. The van der Waals surface area contributed by atoms with E-state index in [4.69, 9.17) is 9.47 Å². The summed E-state index contributed by atoms with van der Waals surface area (Å²) in [5.74, 6) is -0.480. The van der Waals surface area contributed by atoms with Crippen LogP contribution in [0.4, 0.5) is 11.4 Å². The van der Waals surface area contributed by atoms with Gasteiger partial charge in [-0.1, -0.05) is 0 Å². The minimum atomic E-state index is -0.576. The number of amides is 1. The Morgan fingerprint density at radius 1 is 1.35 bits per heavy atom. The monoisotopic (exact) mass is 376 g/mol. The lowest BCUT2D eigenvalue weighted by Crippen LogP contribution is -2.10. The predicted octanol–water partition coefficient (Wildman–Crippen LogP) is 2.82. The van der Waals surface area contributed by atoms with Gasteiger partial charge >= 0.3 is 5.97 Å². The molecule has 2 heterocycles. The second-order valence-corrected chi connectivity index (χ2v) is 5.92. The van der Waals surface area contributed by atoms with Gasteiger partial charge < -0.3 is 19.5 Å². The Morgan fingerprint density at radius 3 is 2.77 bits per heavy atom. The maximum absolute atomic E-state index is 12.1. The Balaban J connectivity index is 1.80. The highest BCUT2D eigenvalue weighted by Crippen LogP contribution is 2.38. The normalized spacial score (nSPS) is 12.2. The van der Waals surface area contributed by atoms with E-state index in [-0.39, 0.29) is 28.7 Å². The third-order valence-electron chi connectivity index (χ3n) is 3.43. The number of esters is 1. The molecule has 0 fully saturated rings. The van der Waals surface area contributed by atoms with Gasteiger partial charge in [-0.2, -0.15) is 0 Å². The van der Waals surface area contributed by atoms with Crippen LogP contribution in [0.1, 0.15) is 15.2 Å². The molecule has 9 nitrogen and oxygen atoms in total. The molecule has 0 bridgehead atoms. The number of nitro groups is 1. The topological polar surface area (TPSA) is 117 Å². The van der Waals surface area contributed by atoms with Crippen LogP contribution < -0.4 is 14.8 Å². The number of thiophene rings is 1. The van der Waals surface area contributed by atoms with Crippen LogP contribution in [0.15, 0.2) is 29.7 Å². The molecule has 1 aliphatic rings. The summed E-state index contributed by atoms with van der Waals surface area (Å²) in [6.45, 7) is -0.0192. The summed E-state index contributed by atoms with van der Waals surface area (Å²) in [6, 6.07) is 4.23. The summed E-state index contributed by atoms with van der Waals surface area (Å²) in [4.78, 5) is 34.6. The van der Waals surface area contributed by atoms with E-state index in [1.54, 1.807) is 11.4 Å². The van der Waals surface area contributed by atoms with Gasteiger partial charge in [0.2, 0.25) is 12.7 Å². The van der Waals surface area contributed by atoms with Crippen LogP contribution in [-0.2, 0) is 9.53 Å². The molecule has 0 aliphatic carbocycles. The van der Waals surface area contributed by atoms with Gasteiger partial charge in [0.05, 0.1) is 29.4 Å². The molecule has 1 aliphatic heterocycles. The average molecular weight is 376 g/mol. The van der Waals surface area contributed by atoms with Crippen LogP contribution in [-0.4, -0.2) is 30.7 Å². The molecule has 0 saturated carbocycles. The van der Waals surface area contributed by atoms with E-state index in [0.29, 0.717) is 11.4 Å².